The fourth-order valence-corrected chi connectivity index (χ4v) is 8.34. The molecule has 0 aromatic rings. The lowest BCUT2D eigenvalue weighted by Crippen LogP contribution is -2.49. The van der Waals surface area contributed by atoms with Gasteiger partial charge in [0.05, 0.1) is 55.4 Å². The highest BCUT2D eigenvalue weighted by Gasteiger charge is 2.59. The molecule has 3 N–H and O–H groups in total. The zero-order chi connectivity index (χ0) is 42.4. The van der Waals surface area contributed by atoms with Gasteiger partial charge in [-0.1, -0.05) is 70.6 Å². The second-order valence-electron chi connectivity index (χ2n) is 16.7. The fourth-order valence-electron chi connectivity index (χ4n) is 8.34. The van der Waals surface area contributed by atoms with Gasteiger partial charge in [-0.3, -0.25) is 9.59 Å². The summed E-state index contributed by atoms with van der Waals surface area (Å²) in [5.74, 6) is -2.86. The van der Waals surface area contributed by atoms with E-state index < -0.39 is 72.1 Å². The van der Waals surface area contributed by atoms with Gasteiger partial charge >= 0.3 is 5.97 Å². The first-order valence-corrected chi connectivity index (χ1v) is 20.5. The quantitative estimate of drug-likeness (QED) is 0.0902. The lowest BCUT2D eigenvalue weighted by atomic mass is 9.78. The van der Waals surface area contributed by atoms with Crippen molar-refractivity contribution in [1.29, 1.82) is 0 Å². The average molecular weight is 806 g/mol. The first-order valence-electron chi connectivity index (χ1n) is 20.5. The number of rotatable bonds is 15. The van der Waals surface area contributed by atoms with Crippen molar-refractivity contribution >= 4 is 18.2 Å². The smallest absolute Gasteiger partial charge is 0.331 e. The Labute approximate surface area is 340 Å². The number of Topliss-reactive ketones (excluding diaryl/α,β-unsaturated/α-hetero) is 1. The SMILES string of the molecule is CO[C@H]([C@H](C)/C=C/N(C)C=O)[C@@H](C)C(=O)CC[C@H](C)[C@H](O)[C@H](C)[C@H]1OC(=O)/C=C/C(C)=C/C[C@H](O)C[C@@H]2C=CC[C@@H](C[C@H](OC)[C@@]3(CO3)[C@@H](OC)C[C@@H](O)[C@@H]1C)O2. The number of ketones is 1. The second kappa shape index (κ2) is 23.1. The third-order valence-corrected chi connectivity index (χ3v) is 12.3. The van der Waals surface area contributed by atoms with Gasteiger partial charge in [0.25, 0.3) is 0 Å². The van der Waals surface area contributed by atoms with Gasteiger partial charge in [0.2, 0.25) is 6.41 Å². The van der Waals surface area contributed by atoms with Crippen molar-refractivity contribution in [1.82, 2.24) is 4.90 Å². The predicted octanol–water partition coefficient (Wildman–Crippen LogP) is 4.72. The minimum absolute atomic E-state index is 0.0149. The molecule has 1 amide bonds. The van der Waals surface area contributed by atoms with E-state index in [1.807, 2.05) is 45.9 Å². The summed E-state index contributed by atoms with van der Waals surface area (Å²) in [5.41, 5.74) is -0.0639. The number of cyclic esters (lactones) is 1. The van der Waals surface area contributed by atoms with E-state index in [1.54, 1.807) is 54.5 Å². The van der Waals surface area contributed by atoms with E-state index in [2.05, 4.69) is 6.08 Å². The summed E-state index contributed by atoms with van der Waals surface area (Å²) < 4.78 is 36.2. The minimum Gasteiger partial charge on any atom is -0.458 e. The number of hydrogen-bond donors (Lipinski definition) is 3. The van der Waals surface area contributed by atoms with Crippen LogP contribution in [0.3, 0.4) is 0 Å². The molecule has 324 valence electrons. The summed E-state index contributed by atoms with van der Waals surface area (Å²) >= 11 is 0. The van der Waals surface area contributed by atoms with E-state index >= 15 is 0 Å². The first-order chi connectivity index (χ1) is 27.0. The van der Waals surface area contributed by atoms with Crippen molar-refractivity contribution < 1.29 is 58.1 Å². The topological polar surface area (TPSA) is 174 Å². The first kappa shape index (κ1) is 48.6. The number of aliphatic hydroxyl groups is 3. The largest absolute Gasteiger partial charge is 0.458 e. The number of methoxy groups -OCH3 is 3. The zero-order valence-electron chi connectivity index (χ0n) is 35.8. The van der Waals surface area contributed by atoms with Crippen LogP contribution in [-0.2, 0) is 42.8 Å². The van der Waals surface area contributed by atoms with Crippen LogP contribution >= 0.6 is 0 Å². The average Bonchev–Trinajstić information content (AvgIpc) is 4.01. The molecule has 13 nitrogen and oxygen atoms in total. The molecule has 15 atom stereocenters. The lowest BCUT2D eigenvalue weighted by molar-refractivity contribution is -0.158. The molecule has 0 aromatic heterocycles. The number of fused-ring (bicyclic) bond motifs is 2. The molecule has 57 heavy (non-hydrogen) atoms. The van der Waals surface area contributed by atoms with Gasteiger partial charge in [-0.05, 0) is 32.1 Å². The van der Waals surface area contributed by atoms with E-state index in [9.17, 15) is 29.7 Å². The van der Waals surface area contributed by atoms with Gasteiger partial charge in [0.1, 0.15) is 17.5 Å². The van der Waals surface area contributed by atoms with E-state index in [0.717, 1.165) is 5.57 Å². The molecule has 3 heterocycles. The molecular weight excluding hydrogens is 734 g/mol. The molecule has 0 unspecified atom stereocenters. The Hall–Kier alpha value is -2.75. The molecule has 0 aliphatic carbocycles. The van der Waals surface area contributed by atoms with Crippen molar-refractivity contribution in [3.05, 3.63) is 48.2 Å². The van der Waals surface area contributed by atoms with Crippen molar-refractivity contribution in [3.8, 4) is 0 Å². The van der Waals surface area contributed by atoms with Crippen LogP contribution in [0.5, 0.6) is 0 Å². The summed E-state index contributed by atoms with van der Waals surface area (Å²) in [6, 6.07) is 0. The number of allylic oxidation sites excluding steroid dienone is 2. The molecule has 0 saturated carbocycles. The van der Waals surface area contributed by atoms with Gasteiger partial charge in [-0.15, -0.1) is 0 Å². The zero-order valence-corrected chi connectivity index (χ0v) is 35.8. The Kier molecular flexibility index (Phi) is 19.7. The normalized spacial score (nSPS) is 35.2. The highest BCUT2D eigenvalue weighted by Crippen LogP contribution is 2.43. The van der Waals surface area contributed by atoms with Gasteiger partial charge in [-0.2, -0.15) is 0 Å². The molecule has 1 fully saturated rings. The van der Waals surface area contributed by atoms with Crippen molar-refractivity contribution in [2.45, 2.75) is 147 Å². The maximum absolute atomic E-state index is 13.4. The van der Waals surface area contributed by atoms with Gasteiger partial charge in [-0.25, -0.2) is 4.79 Å². The molecule has 2 bridgehead atoms. The Bertz CT molecular complexity index is 1390. The van der Waals surface area contributed by atoms with Crippen LogP contribution < -0.4 is 0 Å². The summed E-state index contributed by atoms with van der Waals surface area (Å²) in [7, 11) is 6.38. The van der Waals surface area contributed by atoms with Crippen LogP contribution in [0.15, 0.2) is 48.2 Å². The van der Waals surface area contributed by atoms with Gasteiger partial charge in [0.15, 0.2) is 0 Å². The Balaban J connectivity index is 1.83. The van der Waals surface area contributed by atoms with Gasteiger partial charge in [0, 0.05) is 90.0 Å². The fraction of sp³-hybridized carbons (Fsp3) is 0.750. The monoisotopic (exact) mass is 805 g/mol. The number of carbonyl (C=O) groups is 3. The third kappa shape index (κ3) is 13.9. The van der Waals surface area contributed by atoms with Crippen LogP contribution in [0, 0.1) is 29.6 Å². The Morgan fingerprint density at radius 1 is 1.05 bits per heavy atom. The van der Waals surface area contributed by atoms with E-state index in [-0.39, 0.29) is 42.7 Å². The molecule has 3 aliphatic rings. The second-order valence-corrected chi connectivity index (χ2v) is 16.7. The predicted molar refractivity (Wildman–Crippen MR) is 216 cm³/mol. The van der Waals surface area contributed by atoms with Crippen LogP contribution in [0.1, 0.15) is 86.5 Å². The Morgan fingerprint density at radius 3 is 2.33 bits per heavy atom. The minimum atomic E-state index is -1.03. The van der Waals surface area contributed by atoms with Crippen LogP contribution in [0.4, 0.5) is 0 Å². The van der Waals surface area contributed by atoms with Crippen LogP contribution in [0.2, 0.25) is 0 Å². The molecule has 13 heteroatoms. The third-order valence-electron chi connectivity index (χ3n) is 12.3. The number of epoxide rings is 1. The lowest BCUT2D eigenvalue weighted by Gasteiger charge is -2.38. The van der Waals surface area contributed by atoms with Crippen LogP contribution in [-0.4, -0.2) is 134 Å². The van der Waals surface area contributed by atoms with Crippen molar-refractivity contribution in [2.24, 2.45) is 29.6 Å². The molecule has 0 aromatic carbocycles. The standard InChI is InChI=1S/C44H71NO12/c1-27-14-17-33(47)22-34-12-11-13-35(56-34)23-38(52-8)44(25-55-44)39(53-9)24-37(49)31(5)43(57-40(50)19-15-27)32(6)41(51)28(2)16-18-36(48)30(4)42(54-10)29(3)20-21-45(7)26-46/h11-12,14-15,19-21,26,28-35,37-39,41-43,47,49,51H,13,16-18,22-25H2,1-10H3/b19-15+,21-20+,27-14+/t28-,29+,30-,31-,32-,33-,34-,35-,37+,38-,39-,41-,42+,43-,44-/m0/s1. The van der Waals surface area contributed by atoms with E-state index in [1.165, 1.54) is 11.0 Å². The number of esters is 1. The summed E-state index contributed by atoms with van der Waals surface area (Å²) in [5, 5.41) is 34.4. The van der Waals surface area contributed by atoms with E-state index in [0.29, 0.717) is 45.1 Å². The molecular formula is C44H71NO12. The highest BCUT2D eigenvalue weighted by molar-refractivity contribution is 5.82. The number of ether oxygens (including phenoxy) is 6. The Morgan fingerprint density at radius 2 is 1.72 bits per heavy atom. The molecule has 1 spiro atoms. The molecule has 1 saturated heterocycles. The maximum atomic E-state index is 13.4. The summed E-state index contributed by atoms with van der Waals surface area (Å²) in [4.78, 5) is 39.2. The summed E-state index contributed by atoms with van der Waals surface area (Å²) in [6.45, 7) is 11.4. The van der Waals surface area contributed by atoms with Crippen molar-refractivity contribution in [3.63, 3.8) is 0 Å². The number of hydrogen-bond acceptors (Lipinski definition) is 12. The molecule has 3 rings (SSSR count). The van der Waals surface area contributed by atoms with Crippen molar-refractivity contribution in [2.75, 3.05) is 35.0 Å². The summed E-state index contributed by atoms with van der Waals surface area (Å²) in [6.07, 6.45) is 10.3. The number of amides is 1. The number of carbonyl (C=O) groups excluding carboxylic acids is 3. The molecule has 3 aliphatic heterocycles. The maximum Gasteiger partial charge on any atom is 0.331 e. The van der Waals surface area contributed by atoms with E-state index in [4.69, 9.17) is 28.4 Å². The molecule has 0 radical (unpaired) electrons. The number of nitrogens with zero attached hydrogens (tertiary/aromatic N) is 1. The van der Waals surface area contributed by atoms with Crippen LogP contribution in [0.25, 0.3) is 0 Å². The van der Waals surface area contributed by atoms with Gasteiger partial charge < -0.3 is 48.6 Å². The highest BCUT2D eigenvalue weighted by atomic mass is 16.6. The number of aliphatic hydroxyl groups excluding tert-OH is 3.